The second-order valence-electron chi connectivity index (χ2n) is 6.55. The molecule has 2 aromatic heterocycles. The van der Waals surface area contributed by atoms with Gasteiger partial charge in [0.2, 0.25) is 0 Å². The molecule has 0 bridgehead atoms. The predicted octanol–water partition coefficient (Wildman–Crippen LogP) is 4.12. The number of carbonyl (C=O) groups is 1. The third kappa shape index (κ3) is 3.61. The smallest absolute Gasteiger partial charge is 0.410 e. The molecule has 7 heteroatoms. The van der Waals surface area contributed by atoms with Gasteiger partial charge in [-0.05, 0) is 42.8 Å². The number of pyridine rings is 1. The summed E-state index contributed by atoms with van der Waals surface area (Å²) in [7, 11) is 0. The fourth-order valence-electron chi connectivity index (χ4n) is 2.60. The van der Waals surface area contributed by atoms with Crippen LogP contribution in [-0.2, 0) is 4.74 Å². The van der Waals surface area contributed by atoms with E-state index in [1.165, 1.54) is 4.70 Å². The number of anilines is 1. The van der Waals surface area contributed by atoms with E-state index in [4.69, 9.17) is 4.74 Å². The van der Waals surface area contributed by atoms with Crippen LogP contribution in [0, 0.1) is 0 Å². The fourth-order valence-corrected chi connectivity index (χ4v) is 4.21. The normalized spacial score (nSPS) is 16.0. The van der Waals surface area contributed by atoms with Crippen LogP contribution < -0.4 is 4.90 Å². The third-order valence-corrected chi connectivity index (χ3v) is 5.53. The topological polar surface area (TPSA) is 45.7 Å². The highest BCUT2D eigenvalue weighted by Crippen LogP contribution is 2.36. The Morgan fingerprint density at radius 2 is 2.00 bits per heavy atom. The number of aromatic nitrogens is 1. The van der Waals surface area contributed by atoms with E-state index in [0.717, 1.165) is 28.8 Å². The lowest BCUT2D eigenvalue weighted by Gasteiger charge is -2.36. The zero-order valence-electron chi connectivity index (χ0n) is 13.5. The lowest BCUT2D eigenvalue weighted by molar-refractivity contribution is 0.0240. The summed E-state index contributed by atoms with van der Waals surface area (Å²) in [4.78, 5) is 20.7. The molecule has 0 N–H and O–H groups in total. The second kappa shape index (κ2) is 6.28. The quantitative estimate of drug-likeness (QED) is 0.725. The molecule has 0 radical (unpaired) electrons. The number of ether oxygens (including phenoxy) is 1. The summed E-state index contributed by atoms with van der Waals surface area (Å²) in [5.74, 6) is 0.986. The van der Waals surface area contributed by atoms with Crippen molar-refractivity contribution in [3.05, 3.63) is 22.1 Å². The summed E-state index contributed by atoms with van der Waals surface area (Å²) in [6.07, 6.45) is 1.61. The van der Waals surface area contributed by atoms with Crippen molar-refractivity contribution in [1.29, 1.82) is 0 Å². The van der Waals surface area contributed by atoms with Gasteiger partial charge in [-0.2, -0.15) is 0 Å². The van der Waals surface area contributed by atoms with E-state index in [9.17, 15) is 4.79 Å². The third-order valence-electron chi connectivity index (χ3n) is 3.65. The zero-order chi connectivity index (χ0) is 16.6. The molecule has 1 aliphatic heterocycles. The van der Waals surface area contributed by atoms with Gasteiger partial charge in [-0.25, -0.2) is 9.78 Å². The highest BCUT2D eigenvalue weighted by molar-refractivity contribution is 9.10. The van der Waals surface area contributed by atoms with E-state index in [1.807, 2.05) is 33.0 Å². The largest absolute Gasteiger partial charge is 0.444 e. The summed E-state index contributed by atoms with van der Waals surface area (Å²) in [5, 5.41) is 3.25. The van der Waals surface area contributed by atoms with Crippen molar-refractivity contribution in [3.8, 4) is 0 Å². The van der Waals surface area contributed by atoms with Crippen LogP contribution in [-0.4, -0.2) is 47.8 Å². The molecular formula is C16H20BrN3O2S. The Hall–Kier alpha value is -1.34. The maximum Gasteiger partial charge on any atom is 0.410 e. The molecule has 2 aromatic rings. The van der Waals surface area contributed by atoms with Crippen LogP contribution in [0.2, 0.25) is 0 Å². The van der Waals surface area contributed by atoms with Crippen molar-refractivity contribution in [3.63, 3.8) is 0 Å². The first-order valence-corrected chi connectivity index (χ1v) is 9.27. The van der Waals surface area contributed by atoms with Gasteiger partial charge >= 0.3 is 6.09 Å². The number of halogens is 1. The number of hydrogen-bond acceptors (Lipinski definition) is 5. The van der Waals surface area contributed by atoms with Crippen LogP contribution in [0.4, 0.5) is 10.6 Å². The summed E-state index contributed by atoms with van der Waals surface area (Å²) < 4.78 is 7.74. The molecule has 1 saturated heterocycles. The number of nitrogens with zero attached hydrogens (tertiary/aromatic N) is 3. The molecule has 0 atom stereocenters. The molecule has 3 rings (SSSR count). The molecule has 1 aliphatic rings. The first-order valence-electron chi connectivity index (χ1n) is 7.60. The molecule has 0 saturated carbocycles. The Kier molecular flexibility index (Phi) is 4.51. The van der Waals surface area contributed by atoms with E-state index in [0.29, 0.717) is 13.1 Å². The molecule has 0 aliphatic carbocycles. The average molecular weight is 398 g/mol. The molecule has 23 heavy (non-hydrogen) atoms. The standard InChI is InChI=1S/C16H20BrN3O2S/c1-16(2,3)22-15(21)20-8-6-19(7-9-20)14-13-11(17)10-23-12(13)4-5-18-14/h4-5,10H,6-9H2,1-3H3. The minimum Gasteiger partial charge on any atom is -0.444 e. The van der Waals surface area contributed by atoms with Gasteiger partial charge < -0.3 is 14.5 Å². The van der Waals surface area contributed by atoms with E-state index in [1.54, 1.807) is 16.2 Å². The molecular weight excluding hydrogens is 378 g/mol. The first-order chi connectivity index (χ1) is 10.8. The van der Waals surface area contributed by atoms with Gasteiger partial charge in [-0.1, -0.05) is 0 Å². The Bertz CT molecular complexity index is 718. The average Bonchev–Trinajstić information content (AvgIpc) is 2.87. The number of thiophene rings is 1. The summed E-state index contributed by atoms with van der Waals surface area (Å²) in [6.45, 7) is 8.48. The van der Waals surface area contributed by atoms with Crippen molar-refractivity contribution < 1.29 is 9.53 Å². The van der Waals surface area contributed by atoms with Gasteiger partial charge in [-0.3, -0.25) is 0 Å². The van der Waals surface area contributed by atoms with E-state index in [-0.39, 0.29) is 6.09 Å². The number of fused-ring (bicyclic) bond motifs is 1. The number of carbonyl (C=O) groups excluding carboxylic acids is 1. The van der Waals surface area contributed by atoms with Gasteiger partial charge in [0, 0.05) is 52.3 Å². The minimum atomic E-state index is -0.455. The Morgan fingerprint density at radius 3 is 2.65 bits per heavy atom. The summed E-state index contributed by atoms with van der Waals surface area (Å²) in [6, 6.07) is 2.03. The van der Waals surface area contributed by atoms with E-state index < -0.39 is 5.60 Å². The van der Waals surface area contributed by atoms with Crippen LogP contribution in [0.3, 0.4) is 0 Å². The van der Waals surface area contributed by atoms with Crippen molar-refractivity contribution in [2.24, 2.45) is 0 Å². The molecule has 0 aromatic carbocycles. The highest BCUT2D eigenvalue weighted by Gasteiger charge is 2.27. The fraction of sp³-hybridized carbons (Fsp3) is 0.500. The number of piperazine rings is 1. The van der Waals surface area contributed by atoms with Crippen molar-refractivity contribution >= 4 is 49.3 Å². The summed E-state index contributed by atoms with van der Waals surface area (Å²) in [5.41, 5.74) is -0.455. The highest BCUT2D eigenvalue weighted by atomic mass is 79.9. The van der Waals surface area contributed by atoms with Crippen LogP contribution in [0.1, 0.15) is 20.8 Å². The van der Waals surface area contributed by atoms with Gasteiger partial charge in [0.1, 0.15) is 11.4 Å². The van der Waals surface area contributed by atoms with Crippen LogP contribution in [0.5, 0.6) is 0 Å². The van der Waals surface area contributed by atoms with Crippen molar-refractivity contribution in [1.82, 2.24) is 9.88 Å². The first kappa shape index (κ1) is 16.5. The van der Waals surface area contributed by atoms with E-state index in [2.05, 4.69) is 31.2 Å². The van der Waals surface area contributed by atoms with Gasteiger partial charge in [0.15, 0.2) is 0 Å². The van der Waals surface area contributed by atoms with Crippen LogP contribution in [0.15, 0.2) is 22.1 Å². The minimum absolute atomic E-state index is 0.236. The lowest BCUT2D eigenvalue weighted by atomic mass is 10.2. The van der Waals surface area contributed by atoms with Gasteiger partial charge in [-0.15, -0.1) is 11.3 Å². The maximum absolute atomic E-state index is 12.1. The molecule has 124 valence electrons. The molecule has 1 amide bonds. The molecule has 5 nitrogen and oxygen atoms in total. The molecule has 3 heterocycles. The Balaban J connectivity index is 1.71. The maximum atomic E-state index is 12.1. The second-order valence-corrected chi connectivity index (χ2v) is 8.31. The van der Waals surface area contributed by atoms with Crippen LogP contribution in [0.25, 0.3) is 10.1 Å². The van der Waals surface area contributed by atoms with Crippen molar-refractivity contribution in [2.75, 3.05) is 31.1 Å². The molecule has 1 fully saturated rings. The number of rotatable bonds is 1. The van der Waals surface area contributed by atoms with E-state index >= 15 is 0 Å². The van der Waals surface area contributed by atoms with Gasteiger partial charge in [0.05, 0.1) is 0 Å². The SMILES string of the molecule is CC(C)(C)OC(=O)N1CCN(c2nccc3scc(Br)c23)CC1. The molecule has 0 spiro atoms. The monoisotopic (exact) mass is 397 g/mol. The number of hydrogen-bond donors (Lipinski definition) is 0. The Morgan fingerprint density at radius 1 is 1.30 bits per heavy atom. The van der Waals surface area contributed by atoms with Gasteiger partial charge in [0.25, 0.3) is 0 Å². The molecule has 0 unspecified atom stereocenters. The van der Waals surface area contributed by atoms with Crippen LogP contribution >= 0.6 is 27.3 Å². The predicted molar refractivity (Wildman–Crippen MR) is 97.3 cm³/mol. The Labute approximate surface area is 148 Å². The lowest BCUT2D eigenvalue weighted by Crippen LogP contribution is -2.50. The summed E-state index contributed by atoms with van der Waals surface area (Å²) >= 11 is 5.32. The number of amides is 1. The van der Waals surface area contributed by atoms with Crippen molar-refractivity contribution in [2.45, 2.75) is 26.4 Å². The zero-order valence-corrected chi connectivity index (χ0v) is 15.9.